The van der Waals surface area contributed by atoms with Gasteiger partial charge in [0.15, 0.2) is 0 Å². The first-order valence-electron chi connectivity index (χ1n) is 2.91. The molecule has 0 fully saturated rings. The van der Waals surface area contributed by atoms with Crippen LogP contribution in [0.25, 0.3) is 0 Å². The Balaban J connectivity index is 3.50. The predicted molar refractivity (Wildman–Crippen MR) is 64.9 cm³/mol. The molecule has 0 aromatic heterocycles. The first kappa shape index (κ1) is 11.9. The van der Waals surface area contributed by atoms with E-state index in [4.69, 9.17) is 10.7 Å². The third-order valence-corrected chi connectivity index (χ3v) is 5.39. The molecule has 0 spiro atoms. The van der Waals surface area contributed by atoms with E-state index in [0.29, 0.717) is 7.14 Å². The maximum atomic E-state index is 13.1. The summed E-state index contributed by atoms with van der Waals surface area (Å²) in [6, 6.07) is 2.34. The van der Waals surface area contributed by atoms with Gasteiger partial charge in [-0.15, -0.1) is 0 Å². The van der Waals surface area contributed by atoms with Gasteiger partial charge in [0.2, 0.25) is 0 Å². The summed E-state index contributed by atoms with van der Waals surface area (Å²) >= 11 is 3.82. The molecular formula is C6H2ClFI2O2S. The minimum absolute atomic E-state index is 0.473. The van der Waals surface area contributed by atoms with E-state index in [0.717, 1.165) is 6.07 Å². The Bertz CT molecular complexity index is 446. The van der Waals surface area contributed by atoms with Gasteiger partial charge in [-0.05, 0) is 57.3 Å². The fourth-order valence-electron chi connectivity index (χ4n) is 0.691. The van der Waals surface area contributed by atoms with Gasteiger partial charge in [-0.3, -0.25) is 0 Å². The zero-order valence-corrected chi connectivity index (χ0v) is 11.8. The van der Waals surface area contributed by atoms with Crippen LogP contribution < -0.4 is 0 Å². The molecule has 2 nitrogen and oxygen atoms in total. The molecule has 1 rings (SSSR count). The van der Waals surface area contributed by atoms with Gasteiger partial charge in [-0.2, -0.15) is 0 Å². The lowest BCUT2D eigenvalue weighted by Crippen LogP contribution is -1.97. The van der Waals surface area contributed by atoms with Gasteiger partial charge in [0.1, 0.15) is 10.7 Å². The Kier molecular flexibility index (Phi) is 3.81. The highest BCUT2D eigenvalue weighted by molar-refractivity contribution is 14.1. The van der Waals surface area contributed by atoms with E-state index in [2.05, 4.69) is 0 Å². The number of hydrogen-bond acceptors (Lipinski definition) is 2. The lowest BCUT2D eigenvalue weighted by molar-refractivity contribution is 0.574. The smallest absolute Gasteiger partial charge is 0.207 e. The highest BCUT2D eigenvalue weighted by atomic mass is 127. The van der Waals surface area contributed by atoms with Crippen molar-refractivity contribution in [3.63, 3.8) is 0 Å². The largest absolute Gasteiger partial charge is 0.264 e. The normalized spacial score (nSPS) is 11.7. The molecule has 0 aliphatic heterocycles. The summed E-state index contributed by atoms with van der Waals surface area (Å²) in [5.74, 6) is -0.820. The highest BCUT2D eigenvalue weighted by Gasteiger charge is 2.17. The van der Waals surface area contributed by atoms with Crippen molar-refractivity contribution in [3.8, 4) is 0 Å². The minimum atomic E-state index is -3.98. The van der Waals surface area contributed by atoms with Crippen LogP contribution in [0.1, 0.15) is 0 Å². The van der Waals surface area contributed by atoms with E-state index in [1.165, 1.54) is 6.07 Å². The molecule has 7 heteroatoms. The monoisotopic (exact) mass is 446 g/mol. The van der Waals surface area contributed by atoms with Crippen LogP contribution >= 0.6 is 55.9 Å². The summed E-state index contributed by atoms with van der Waals surface area (Å²) in [6.45, 7) is 0. The Labute approximate surface area is 107 Å². The Hall–Kier alpha value is 0.850. The molecule has 72 valence electrons. The molecule has 0 unspecified atom stereocenters. The summed E-state index contributed by atoms with van der Waals surface area (Å²) in [4.78, 5) is -0.473. The lowest BCUT2D eigenvalue weighted by Gasteiger charge is -2.01. The van der Waals surface area contributed by atoms with Crippen molar-refractivity contribution in [2.24, 2.45) is 0 Å². The van der Waals surface area contributed by atoms with Crippen molar-refractivity contribution in [1.29, 1.82) is 0 Å². The predicted octanol–water partition coefficient (Wildman–Crippen LogP) is 2.96. The van der Waals surface area contributed by atoms with Gasteiger partial charge in [-0.1, -0.05) is 0 Å². The number of halogens is 4. The Morgan fingerprint density at radius 1 is 1.23 bits per heavy atom. The molecule has 0 bridgehead atoms. The molecule has 0 heterocycles. The lowest BCUT2D eigenvalue weighted by atomic mass is 10.3. The molecule has 0 atom stereocenters. The molecule has 0 aliphatic carbocycles. The fourth-order valence-corrected chi connectivity index (χ4v) is 2.70. The van der Waals surface area contributed by atoms with Gasteiger partial charge in [0.25, 0.3) is 9.05 Å². The van der Waals surface area contributed by atoms with Crippen molar-refractivity contribution >= 4 is 64.9 Å². The van der Waals surface area contributed by atoms with Crippen molar-refractivity contribution in [2.75, 3.05) is 0 Å². The summed E-state index contributed by atoms with van der Waals surface area (Å²) < 4.78 is 36.0. The second kappa shape index (κ2) is 4.15. The van der Waals surface area contributed by atoms with Gasteiger partial charge < -0.3 is 0 Å². The van der Waals surface area contributed by atoms with E-state index >= 15 is 0 Å². The van der Waals surface area contributed by atoms with Crippen LogP contribution in [0.3, 0.4) is 0 Å². The maximum Gasteiger partial charge on any atom is 0.264 e. The second-order valence-corrected chi connectivity index (χ2v) is 6.99. The molecule has 0 amide bonds. The van der Waals surface area contributed by atoms with Crippen LogP contribution in [0.5, 0.6) is 0 Å². The van der Waals surface area contributed by atoms with Crippen LogP contribution in [0.15, 0.2) is 17.0 Å². The number of rotatable bonds is 1. The highest BCUT2D eigenvalue weighted by Crippen LogP contribution is 2.25. The Morgan fingerprint density at radius 3 is 2.15 bits per heavy atom. The minimum Gasteiger partial charge on any atom is -0.207 e. The molecule has 0 saturated carbocycles. The van der Waals surface area contributed by atoms with Gasteiger partial charge in [-0.25, -0.2) is 12.8 Å². The Morgan fingerprint density at radius 2 is 1.69 bits per heavy atom. The summed E-state index contributed by atoms with van der Waals surface area (Å²) in [5.41, 5.74) is 0. The van der Waals surface area contributed by atoms with E-state index in [9.17, 15) is 12.8 Å². The average Bonchev–Trinajstić information content (AvgIpc) is 1.94. The molecule has 1 aromatic rings. The quantitative estimate of drug-likeness (QED) is 0.378. The van der Waals surface area contributed by atoms with E-state index in [1.54, 1.807) is 0 Å². The van der Waals surface area contributed by atoms with Crippen LogP contribution in [-0.4, -0.2) is 8.42 Å². The van der Waals surface area contributed by atoms with E-state index in [1.807, 2.05) is 45.2 Å². The van der Waals surface area contributed by atoms with E-state index < -0.39 is 19.8 Å². The number of hydrogen-bond donors (Lipinski definition) is 0. The second-order valence-electron chi connectivity index (χ2n) is 2.13. The third-order valence-electron chi connectivity index (χ3n) is 1.24. The van der Waals surface area contributed by atoms with Crippen molar-refractivity contribution in [1.82, 2.24) is 0 Å². The van der Waals surface area contributed by atoms with Crippen LogP contribution in [0.2, 0.25) is 0 Å². The SMILES string of the molecule is O=S(=O)(Cl)c1cc(I)c(I)cc1F. The molecule has 0 N–H and O–H groups in total. The van der Waals surface area contributed by atoms with E-state index in [-0.39, 0.29) is 0 Å². The average molecular weight is 446 g/mol. The zero-order chi connectivity index (χ0) is 10.2. The first-order chi connectivity index (χ1) is 5.82. The maximum absolute atomic E-state index is 13.1. The van der Waals surface area contributed by atoms with Gasteiger partial charge in [0.05, 0.1) is 0 Å². The van der Waals surface area contributed by atoms with Gasteiger partial charge in [0, 0.05) is 17.8 Å². The van der Waals surface area contributed by atoms with Crippen molar-refractivity contribution in [2.45, 2.75) is 4.90 Å². The zero-order valence-electron chi connectivity index (χ0n) is 5.89. The standard InChI is InChI=1S/C6H2ClFI2O2S/c7-13(11,12)6-2-5(10)4(9)1-3(6)8/h1-2H. The molecular weight excluding hydrogens is 444 g/mol. The molecule has 0 aliphatic rings. The molecule has 0 saturated heterocycles. The summed E-state index contributed by atoms with van der Waals surface area (Å²) in [7, 11) is 1.03. The fraction of sp³-hybridized carbons (Fsp3) is 0. The summed E-state index contributed by atoms with van der Waals surface area (Å²) in [5, 5.41) is 0. The van der Waals surface area contributed by atoms with Crippen LogP contribution in [-0.2, 0) is 9.05 Å². The van der Waals surface area contributed by atoms with Crippen LogP contribution in [0, 0.1) is 13.0 Å². The third kappa shape index (κ3) is 2.90. The van der Waals surface area contributed by atoms with Crippen molar-refractivity contribution < 1.29 is 12.8 Å². The van der Waals surface area contributed by atoms with Crippen LogP contribution in [0.4, 0.5) is 4.39 Å². The molecule has 1 aromatic carbocycles. The topological polar surface area (TPSA) is 34.1 Å². The van der Waals surface area contributed by atoms with Gasteiger partial charge >= 0.3 is 0 Å². The number of benzene rings is 1. The first-order valence-corrected chi connectivity index (χ1v) is 7.38. The summed E-state index contributed by atoms with van der Waals surface area (Å²) in [6.07, 6.45) is 0. The molecule has 13 heavy (non-hydrogen) atoms. The molecule has 0 radical (unpaired) electrons. The van der Waals surface area contributed by atoms with Crippen molar-refractivity contribution in [3.05, 3.63) is 25.1 Å².